The van der Waals surface area contributed by atoms with E-state index in [1.165, 1.54) is 43.5 Å². The number of nitrogens with one attached hydrogen (secondary N) is 1. The van der Waals surface area contributed by atoms with Crippen LogP contribution in [0.2, 0.25) is 0 Å². The van der Waals surface area contributed by atoms with Crippen LogP contribution in [0.4, 0.5) is 0 Å². The van der Waals surface area contributed by atoms with E-state index in [1.807, 2.05) is 6.33 Å². The minimum atomic E-state index is 0.622. The van der Waals surface area contributed by atoms with Gasteiger partial charge in [-0.05, 0) is 62.0 Å². The van der Waals surface area contributed by atoms with Gasteiger partial charge < -0.3 is 9.72 Å². The number of H-pyrrole nitrogens is 1. The van der Waals surface area contributed by atoms with Gasteiger partial charge in [0.15, 0.2) is 0 Å². The molecule has 0 aromatic carbocycles. The van der Waals surface area contributed by atoms with Crippen molar-refractivity contribution in [3.8, 4) is 0 Å². The molecule has 0 amide bonds. The van der Waals surface area contributed by atoms with E-state index in [-0.39, 0.29) is 0 Å². The van der Waals surface area contributed by atoms with Crippen LogP contribution in [0.15, 0.2) is 30.3 Å². The number of fused-ring (bicyclic) bond motifs is 2. The molecule has 1 saturated carbocycles. The molecule has 1 N–H and O–H groups in total. The van der Waals surface area contributed by atoms with Crippen molar-refractivity contribution < 1.29 is 4.74 Å². The number of imidazole rings is 1. The molecule has 1 fully saturated rings. The van der Waals surface area contributed by atoms with Gasteiger partial charge in [-0.3, -0.25) is 0 Å². The lowest BCUT2D eigenvalue weighted by Crippen LogP contribution is -2.21. The molecule has 1 heterocycles. The van der Waals surface area contributed by atoms with E-state index in [0.29, 0.717) is 5.92 Å². The lowest BCUT2D eigenvalue weighted by atomic mass is 9.77. The van der Waals surface area contributed by atoms with Gasteiger partial charge in [0.05, 0.1) is 18.6 Å². The van der Waals surface area contributed by atoms with Crippen LogP contribution in [0, 0.1) is 17.8 Å². The number of aromatic nitrogens is 2. The Hall–Kier alpha value is -1.51. The number of nitrogens with zero attached hydrogens (tertiary/aromatic N) is 1. The van der Waals surface area contributed by atoms with Crippen LogP contribution in [-0.4, -0.2) is 16.6 Å². The van der Waals surface area contributed by atoms with Crippen LogP contribution < -0.4 is 0 Å². The maximum atomic E-state index is 6.10. The fourth-order valence-electron chi connectivity index (χ4n) is 4.04. The average molecular weight is 284 g/mol. The van der Waals surface area contributed by atoms with E-state index in [4.69, 9.17) is 4.74 Å². The largest absolute Gasteiger partial charge is 0.494 e. The third kappa shape index (κ3) is 2.78. The molecule has 0 spiro atoms. The predicted octanol–water partition coefficient (Wildman–Crippen LogP) is 3.79. The third-order valence-corrected chi connectivity index (χ3v) is 5.34. The van der Waals surface area contributed by atoms with Crippen LogP contribution in [0.25, 0.3) is 0 Å². The average Bonchev–Trinajstić information content (AvgIpc) is 3.00. The molecular formula is C18H24N2O. The van der Waals surface area contributed by atoms with Crippen LogP contribution in [0.3, 0.4) is 0 Å². The molecule has 0 saturated heterocycles. The number of rotatable bonds is 3. The van der Waals surface area contributed by atoms with Gasteiger partial charge in [-0.2, -0.15) is 0 Å². The quantitative estimate of drug-likeness (QED) is 0.917. The monoisotopic (exact) mass is 284 g/mol. The Morgan fingerprint density at radius 2 is 2.10 bits per heavy atom. The summed E-state index contributed by atoms with van der Waals surface area (Å²) in [5.41, 5.74) is 2.57. The first-order valence-corrected chi connectivity index (χ1v) is 8.42. The van der Waals surface area contributed by atoms with Crippen LogP contribution >= 0.6 is 0 Å². The highest BCUT2D eigenvalue weighted by atomic mass is 16.5. The van der Waals surface area contributed by atoms with Gasteiger partial charge >= 0.3 is 0 Å². The van der Waals surface area contributed by atoms with Crippen molar-refractivity contribution in [1.29, 1.82) is 0 Å². The highest BCUT2D eigenvalue weighted by Crippen LogP contribution is 2.36. The Bertz CT molecular complexity index is 557. The second kappa shape index (κ2) is 5.70. The molecule has 1 aromatic rings. The SMILES string of the molecule is C1=CC2CCCCC2C=C1OCC1CCc2nc[nH]c2C1. The van der Waals surface area contributed by atoms with Crippen molar-refractivity contribution in [3.05, 3.63) is 41.7 Å². The third-order valence-electron chi connectivity index (χ3n) is 5.34. The Balaban J connectivity index is 1.33. The molecule has 21 heavy (non-hydrogen) atoms. The molecule has 3 unspecified atom stereocenters. The first-order valence-electron chi connectivity index (χ1n) is 8.42. The molecule has 0 aliphatic heterocycles. The lowest BCUT2D eigenvalue weighted by Gasteiger charge is -2.30. The summed E-state index contributed by atoms with van der Waals surface area (Å²) in [5.74, 6) is 3.22. The van der Waals surface area contributed by atoms with Crippen molar-refractivity contribution in [1.82, 2.24) is 9.97 Å². The minimum Gasteiger partial charge on any atom is -0.494 e. The molecule has 1 aromatic heterocycles. The molecule has 3 atom stereocenters. The smallest absolute Gasteiger partial charge is 0.115 e. The van der Waals surface area contributed by atoms with Gasteiger partial charge in [-0.1, -0.05) is 18.9 Å². The van der Waals surface area contributed by atoms with Crippen LogP contribution in [0.5, 0.6) is 0 Å². The summed E-state index contributed by atoms with van der Waals surface area (Å²) in [6.07, 6.45) is 17.6. The number of aryl methyl sites for hydroxylation is 1. The van der Waals surface area contributed by atoms with E-state index in [1.54, 1.807) is 0 Å². The predicted molar refractivity (Wildman–Crippen MR) is 82.7 cm³/mol. The molecule has 3 nitrogen and oxygen atoms in total. The first kappa shape index (κ1) is 13.2. The fourth-order valence-corrected chi connectivity index (χ4v) is 4.04. The Morgan fingerprint density at radius 1 is 1.19 bits per heavy atom. The second-order valence-corrected chi connectivity index (χ2v) is 6.79. The molecular weight excluding hydrogens is 260 g/mol. The first-order chi connectivity index (χ1) is 10.4. The van der Waals surface area contributed by atoms with E-state index >= 15 is 0 Å². The number of allylic oxidation sites excluding steroid dienone is 3. The topological polar surface area (TPSA) is 37.9 Å². The highest BCUT2D eigenvalue weighted by Gasteiger charge is 2.25. The maximum absolute atomic E-state index is 6.10. The van der Waals surface area contributed by atoms with Gasteiger partial charge in [-0.15, -0.1) is 0 Å². The normalized spacial score (nSPS) is 31.2. The molecule has 0 radical (unpaired) electrons. The molecule has 3 aliphatic carbocycles. The standard InChI is InChI=1S/C18H24N2O/c1-2-4-15-10-16(7-6-14(15)3-1)21-11-13-5-8-17-18(9-13)20-12-19-17/h6-7,10,12-15H,1-5,8-9,11H2,(H,19,20). The molecule has 3 heteroatoms. The summed E-state index contributed by atoms with van der Waals surface area (Å²) in [4.78, 5) is 7.63. The molecule has 3 aliphatic rings. The number of hydrogen-bond acceptors (Lipinski definition) is 2. The zero-order chi connectivity index (χ0) is 14.1. The summed E-state index contributed by atoms with van der Waals surface area (Å²) in [6, 6.07) is 0. The summed E-state index contributed by atoms with van der Waals surface area (Å²) in [6.45, 7) is 0.839. The number of aromatic amines is 1. The van der Waals surface area contributed by atoms with Gasteiger partial charge in [-0.25, -0.2) is 4.98 Å². The number of hydrogen-bond donors (Lipinski definition) is 1. The van der Waals surface area contributed by atoms with Crippen molar-refractivity contribution >= 4 is 0 Å². The van der Waals surface area contributed by atoms with Gasteiger partial charge in [0, 0.05) is 5.69 Å². The maximum Gasteiger partial charge on any atom is 0.115 e. The lowest BCUT2D eigenvalue weighted by molar-refractivity contribution is 0.158. The summed E-state index contributed by atoms with van der Waals surface area (Å²) in [5, 5.41) is 0. The Labute approximate surface area is 126 Å². The zero-order valence-corrected chi connectivity index (χ0v) is 12.6. The van der Waals surface area contributed by atoms with Crippen molar-refractivity contribution in [2.24, 2.45) is 17.8 Å². The Morgan fingerprint density at radius 3 is 3.05 bits per heavy atom. The van der Waals surface area contributed by atoms with Gasteiger partial charge in [0.2, 0.25) is 0 Å². The van der Waals surface area contributed by atoms with E-state index in [9.17, 15) is 0 Å². The van der Waals surface area contributed by atoms with E-state index < -0.39 is 0 Å². The van der Waals surface area contributed by atoms with Gasteiger partial charge in [0.25, 0.3) is 0 Å². The number of ether oxygens (including phenoxy) is 1. The fraction of sp³-hybridized carbons (Fsp3) is 0.611. The summed E-state index contributed by atoms with van der Waals surface area (Å²) >= 11 is 0. The van der Waals surface area contributed by atoms with E-state index in [2.05, 4.69) is 28.2 Å². The molecule has 112 valence electrons. The highest BCUT2D eigenvalue weighted by molar-refractivity contribution is 5.22. The van der Waals surface area contributed by atoms with Crippen molar-refractivity contribution in [3.63, 3.8) is 0 Å². The minimum absolute atomic E-state index is 0.622. The molecule has 4 rings (SSSR count). The van der Waals surface area contributed by atoms with E-state index in [0.717, 1.165) is 37.0 Å². The van der Waals surface area contributed by atoms with Crippen molar-refractivity contribution in [2.45, 2.75) is 44.9 Å². The molecule has 0 bridgehead atoms. The van der Waals surface area contributed by atoms with Crippen LogP contribution in [0.1, 0.15) is 43.5 Å². The van der Waals surface area contributed by atoms with Crippen LogP contribution in [-0.2, 0) is 17.6 Å². The summed E-state index contributed by atoms with van der Waals surface area (Å²) in [7, 11) is 0. The second-order valence-electron chi connectivity index (χ2n) is 6.79. The summed E-state index contributed by atoms with van der Waals surface area (Å²) < 4.78 is 6.10. The Kier molecular flexibility index (Phi) is 3.58. The zero-order valence-electron chi connectivity index (χ0n) is 12.6. The van der Waals surface area contributed by atoms with Crippen molar-refractivity contribution in [2.75, 3.05) is 6.61 Å². The van der Waals surface area contributed by atoms with Gasteiger partial charge in [0.1, 0.15) is 5.76 Å².